The van der Waals surface area contributed by atoms with Gasteiger partial charge >= 0.3 is 0 Å². The highest BCUT2D eigenvalue weighted by molar-refractivity contribution is 6.11. The molecule has 0 bridgehead atoms. The molecule has 0 saturated heterocycles. The molecule has 56 heavy (non-hydrogen) atoms. The van der Waals surface area contributed by atoms with Gasteiger partial charge < -0.3 is 9.32 Å². The predicted octanol–water partition coefficient (Wildman–Crippen LogP) is 15.5. The van der Waals surface area contributed by atoms with Gasteiger partial charge in [0.05, 0.1) is 0 Å². The Bertz CT molecular complexity index is 3230. The lowest BCUT2D eigenvalue weighted by molar-refractivity contribution is 0.670. The molecule has 0 unspecified atom stereocenters. The summed E-state index contributed by atoms with van der Waals surface area (Å²) in [6, 6.07) is 76.5. The maximum Gasteiger partial charge on any atom is 0.143 e. The van der Waals surface area contributed by atoms with E-state index in [-0.39, 0.29) is 0 Å². The van der Waals surface area contributed by atoms with E-state index in [1.165, 1.54) is 43.4 Å². The highest BCUT2D eigenvalue weighted by atomic mass is 16.3. The van der Waals surface area contributed by atoms with E-state index in [2.05, 4.69) is 211 Å². The third kappa shape index (κ3) is 5.42. The SMILES string of the molecule is c1ccc(-c2cccc3c2oc2ccc(-c4ccc(N(c5ccc(-c6cccc7ccccc67)cc5)c5ccc6ccc7ccccc7c6c5)cc4)cc23)cc1. The van der Waals surface area contributed by atoms with Crippen LogP contribution < -0.4 is 4.90 Å². The van der Waals surface area contributed by atoms with Crippen LogP contribution in [0.25, 0.3) is 87.6 Å². The lowest BCUT2D eigenvalue weighted by Crippen LogP contribution is -2.09. The molecule has 0 atom stereocenters. The van der Waals surface area contributed by atoms with Crippen molar-refractivity contribution in [3.05, 3.63) is 212 Å². The molecule has 0 radical (unpaired) electrons. The smallest absolute Gasteiger partial charge is 0.143 e. The molecule has 0 saturated carbocycles. The Hall–Kier alpha value is -7.42. The van der Waals surface area contributed by atoms with Crippen LogP contribution in [0.5, 0.6) is 0 Å². The maximum atomic E-state index is 6.49. The van der Waals surface area contributed by atoms with Crippen molar-refractivity contribution < 1.29 is 4.42 Å². The zero-order valence-corrected chi connectivity index (χ0v) is 30.6. The first-order valence-corrected chi connectivity index (χ1v) is 19.2. The highest BCUT2D eigenvalue weighted by Gasteiger charge is 2.17. The first kappa shape index (κ1) is 32.0. The zero-order chi connectivity index (χ0) is 37.0. The summed E-state index contributed by atoms with van der Waals surface area (Å²) in [6.07, 6.45) is 0. The van der Waals surface area contributed by atoms with Crippen LogP contribution >= 0.6 is 0 Å². The van der Waals surface area contributed by atoms with Gasteiger partial charge in [-0.3, -0.25) is 0 Å². The van der Waals surface area contributed by atoms with Gasteiger partial charge in [0.2, 0.25) is 0 Å². The Morgan fingerprint density at radius 3 is 1.61 bits per heavy atom. The molecule has 0 fully saturated rings. The summed E-state index contributed by atoms with van der Waals surface area (Å²) in [6.45, 7) is 0. The third-order valence-corrected chi connectivity index (χ3v) is 11.3. The Morgan fingerprint density at radius 2 is 0.821 bits per heavy atom. The molecule has 0 N–H and O–H groups in total. The quantitative estimate of drug-likeness (QED) is 0.160. The van der Waals surface area contributed by atoms with Gasteiger partial charge in [-0.2, -0.15) is 0 Å². The lowest BCUT2D eigenvalue weighted by Gasteiger charge is -2.26. The fourth-order valence-electron chi connectivity index (χ4n) is 8.47. The molecule has 0 aliphatic rings. The fraction of sp³-hybridized carbons (Fsp3) is 0. The Kier molecular flexibility index (Phi) is 7.53. The van der Waals surface area contributed by atoms with Crippen LogP contribution in [-0.2, 0) is 0 Å². The maximum absolute atomic E-state index is 6.49. The lowest BCUT2D eigenvalue weighted by atomic mass is 9.97. The molecule has 0 spiro atoms. The second-order valence-corrected chi connectivity index (χ2v) is 14.5. The van der Waals surface area contributed by atoms with Crippen molar-refractivity contribution in [1.82, 2.24) is 0 Å². The van der Waals surface area contributed by atoms with Crippen molar-refractivity contribution in [1.29, 1.82) is 0 Å². The van der Waals surface area contributed by atoms with E-state index < -0.39 is 0 Å². The van der Waals surface area contributed by atoms with Crippen LogP contribution in [0.4, 0.5) is 17.1 Å². The van der Waals surface area contributed by atoms with Gasteiger partial charge in [-0.15, -0.1) is 0 Å². The summed E-state index contributed by atoms with van der Waals surface area (Å²) < 4.78 is 6.49. The largest absolute Gasteiger partial charge is 0.455 e. The minimum atomic E-state index is 0.894. The average molecular weight is 714 g/mol. The molecule has 11 rings (SSSR count). The van der Waals surface area contributed by atoms with Crippen molar-refractivity contribution in [3.63, 3.8) is 0 Å². The van der Waals surface area contributed by atoms with Gasteiger partial charge in [-0.1, -0.05) is 164 Å². The summed E-state index contributed by atoms with van der Waals surface area (Å²) >= 11 is 0. The van der Waals surface area contributed by atoms with Gasteiger partial charge in [0.15, 0.2) is 0 Å². The standard InChI is InChI=1S/C54H35NO/c1-2-10-38(11-3-1)49-18-9-19-50-52-34-42(27-33-53(52)56-54(49)50)36-22-28-43(29-23-36)55(45-32-26-41-21-20-39-13-5-7-16-48(39)51(41)35-45)44-30-24-40(25-31-44)47-17-8-14-37-12-4-6-15-46(37)47/h1-35H. The molecular weight excluding hydrogens is 679 g/mol. The Labute approximate surface area is 325 Å². The summed E-state index contributed by atoms with van der Waals surface area (Å²) in [4.78, 5) is 2.37. The molecule has 10 aromatic carbocycles. The van der Waals surface area contributed by atoms with E-state index >= 15 is 0 Å². The van der Waals surface area contributed by atoms with E-state index in [0.717, 1.165) is 61.3 Å². The summed E-state index contributed by atoms with van der Waals surface area (Å²) in [5.41, 5.74) is 12.1. The molecule has 1 heterocycles. The first-order valence-electron chi connectivity index (χ1n) is 19.2. The number of rotatable bonds is 6. The van der Waals surface area contributed by atoms with Crippen molar-refractivity contribution in [3.8, 4) is 33.4 Å². The van der Waals surface area contributed by atoms with Crippen LogP contribution in [0, 0.1) is 0 Å². The number of hydrogen-bond acceptors (Lipinski definition) is 2. The van der Waals surface area contributed by atoms with E-state index in [1.807, 2.05) is 6.07 Å². The van der Waals surface area contributed by atoms with E-state index in [1.54, 1.807) is 0 Å². The molecule has 11 aromatic rings. The number of furan rings is 1. The Morgan fingerprint density at radius 1 is 0.286 bits per heavy atom. The molecule has 0 aliphatic heterocycles. The molecule has 262 valence electrons. The fourth-order valence-corrected chi connectivity index (χ4v) is 8.47. The van der Waals surface area contributed by atoms with Gasteiger partial charge in [-0.25, -0.2) is 0 Å². The average Bonchev–Trinajstić information content (AvgIpc) is 3.65. The van der Waals surface area contributed by atoms with Gasteiger partial charge in [0.1, 0.15) is 11.2 Å². The number of nitrogens with zero attached hydrogens (tertiary/aromatic N) is 1. The molecule has 1 aromatic heterocycles. The van der Waals surface area contributed by atoms with Crippen molar-refractivity contribution in [2.45, 2.75) is 0 Å². The minimum Gasteiger partial charge on any atom is -0.455 e. The van der Waals surface area contributed by atoms with Gasteiger partial charge in [0.25, 0.3) is 0 Å². The first-order chi connectivity index (χ1) is 27.7. The summed E-state index contributed by atoms with van der Waals surface area (Å²) in [5.74, 6) is 0. The van der Waals surface area contributed by atoms with Crippen LogP contribution in [0.2, 0.25) is 0 Å². The Balaban J connectivity index is 1.01. The summed E-state index contributed by atoms with van der Waals surface area (Å²) in [7, 11) is 0. The zero-order valence-electron chi connectivity index (χ0n) is 30.6. The highest BCUT2D eigenvalue weighted by Crippen LogP contribution is 2.41. The second kappa shape index (κ2) is 13.2. The van der Waals surface area contributed by atoms with Gasteiger partial charge in [-0.05, 0) is 109 Å². The minimum absolute atomic E-state index is 0.894. The van der Waals surface area contributed by atoms with Crippen molar-refractivity contribution in [2.75, 3.05) is 4.90 Å². The third-order valence-electron chi connectivity index (χ3n) is 11.3. The normalized spacial score (nSPS) is 11.6. The van der Waals surface area contributed by atoms with Crippen LogP contribution in [-0.4, -0.2) is 0 Å². The number of fused-ring (bicyclic) bond motifs is 7. The number of para-hydroxylation sites is 1. The second-order valence-electron chi connectivity index (χ2n) is 14.5. The number of benzene rings is 10. The molecule has 0 aliphatic carbocycles. The van der Waals surface area contributed by atoms with Crippen molar-refractivity contribution in [2.24, 2.45) is 0 Å². The monoisotopic (exact) mass is 713 g/mol. The molecule has 2 nitrogen and oxygen atoms in total. The topological polar surface area (TPSA) is 16.4 Å². The van der Waals surface area contributed by atoms with E-state index in [0.29, 0.717) is 0 Å². The van der Waals surface area contributed by atoms with Crippen LogP contribution in [0.1, 0.15) is 0 Å². The molecular formula is C54H35NO. The van der Waals surface area contributed by atoms with Crippen LogP contribution in [0.15, 0.2) is 217 Å². The van der Waals surface area contributed by atoms with Crippen molar-refractivity contribution >= 4 is 71.3 Å². The predicted molar refractivity (Wildman–Crippen MR) is 237 cm³/mol. The summed E-state index contributed by atoms with van der Waals surface area (Å²) in [5, 5.41) is 9.72. The number of hydrogen-bond donors (Lipinski definition) is 0. The van der Waals surface area contributed by atoms with E-state index in [4.69, 9.17) is 4.42 Å². The van der Waals surface area contributed by atoms with E-state index in [9.17, 15) is 0 Å². The molecule has 2 heteroatoms. The molecule has 0 amide bonds. The number of anilines is 3. The van der Waals surface area contributed by atoms with Crippen LogP contribution in [0.3, 0.4) is 0 Å². The van der Waals surface area contributed by atoms with Gasteiger partial charge in [0, 0.05) is 33.4 Å².